The van der Waals surface area contributed by atoms with Crippen LogP contribution in [0.15, 0.2) is 24.3 Å². The number of nitrogens with two attached hydrogens (primary N) is 1. The van der Waals surface area contributed by atoms with Gasteiger partial charge in [-0.15, -0.1) is 16.4 Å². The molecule has 0 fully saturated rings. The molecule has 2 heterocycles. The number of hydrogen-bond donors (Lipinski definition) is 2. The van der Waals surface area contributed by atoms with E-state index in [4.69, 9.17) is 5.73 Å². The Balaban J connectivity index is 1.63. The van der Waals surface area contributed by atoms with Gasteiger partial charge in [0.15, 0.2) is 0 Å². The van der Waals surface area contributed by atoms with Crippen LogP contribution in [0.5, 0.6) is 0 Å². The summed E-state index contributed by atoms with van der Waals surface area (Å²) in [5.41, 5.74) is 8.32. The number of carbonyl (C=O) groups excluding carboxylic acids is 1. The highest BCUT2D eigenvalue weighted by Gasteiger charge is 2.16. The molecule has 23 heavy (non-hydrogen) atoms. The fourth-order valence-electron chi connectivity index (χ4n) is 2.26. The van der Waals surface area contributed by atoms with Crippen LogP contribution in [0, 0.1) is 6.92 Å². The molecule has 3 rings (SSSR count). The zero-order chi connectivity index (χ0) is 16.4. The maximum atomic E-state index is 12.3. The molecular formula is C15H18N6OS. The van der Waals surface area contributed by atoms with E-state index in [0.29, 0.717) is 23.7 Å². The summed E-state index contributed by atoms with van der Waals surface area (Å²) in [7, 11) is 0. The fraction of sp³-hybridized carbons (Fsp3) is 0.333. The maximum absolute atomic E-state index is 12.3. The van der Waals surface area contributed by atoms with Crippen LogP contribution >= 0.6 is 11.3 Å². The van der Waals surface area contributed by atoms with Gasteiger partial charge in [-0.25, -0.2) is 9.67 Å². The van der Waals surface area contributed by atoms with Gasteiger partial charge in [0, 0.05) is 6.54 Å². The summed E-state index contributed by atoms with van der Waals surface area (Å²) in [5.74, 6) is -0.128. The molecular weight excluding hydrogens is 312 g/mol. The number of nitrogens with zero attached hydrogens (tertiary/aromatic N) is 4. The van der Waals surface area contributed by atoms with Crippen LogP contribution in [0.3, 0.4) is 0 Å². The lowest BCUT2D eigenvalue weighted by atomic mass is 10.3. The van der Waals surface area contributed by atoms with Crippen molar-refractivity contribution in [3.8, 4) is 0 Å². The highest BCUT2D eigenvalue weighted by atomic mass is 32.1. The number of nitrogens with one attached hydrogen (secondary N) is 1. The van der Waals surface area contributed by atoms with E-state index in [1.54, 1.807) is 4.68 Å². The van der Waals surface area contributed by atoms with Crippen LogP contribution in [-0.4, -0.2) is 32.4 Å². The van der Waals surface area contributed by atoms with Gasteiger partial charge < -0.3 is 11.1 Å². The molecule has 1 amide bonds. The van der Waals surface area contributed by atoms with E-state index in [-0.39, 0.29) is 11.9 Å². The van der Waals surface area contributed by atoms with E-state index in [9.17, 15) is 4.79 Å². The summed E-state index contributed by atoms with van der Waals surface area (Å²) in [6.45, 7) is 4.71. The Morgan fingerprint density at radius 1 is 1.43 bits per heavy atom. The molecule has 3 aromatic rings. The van der Waals surface area contributed by atoms with E-state index in [1.165, 1.54) is 11.3 Å². The fourth-order valence-corrected chi connectivity index (χ4v) is 3.20. The third kappa shape index (κ3) is 3.22. The predicted molar refractivity (Wildman–Crippen MR) is 89.3 cm³/mol. The predicted octanol–water partition coefficient (Wildman–Crippen LogP) is 1.65. The molecule has 8 heteroatoms. The van der Waals surface area contributed by atoms with Crippen molar-refractivity contribution in [2.75, 3.05) is 6.54 Å². The number of thiazole rings is 1. The third-order valence-corrected chi connectivity index (χ3v) is 4.80. The molecule has 0 saturated carbocycles. The van der Waals surface area contributed by atoms with E-state index in [0.717, 1.165) is 16.0 Å². The lowest BCUT2D eigenvalue weighted by Crippen LogP contribution is -2.27. The summed E-state index contributed by atoms with van der Waals surface area (Å²) in [6.07, 6.45) is 0. The molecule has 3 N–H and O–H groups in total. The molecule has 0 bridgehead atoms. The molecule has 0 radical (unpaired) electrons. The molecule has 0 spiro atoms. The van der Waals surface area contributed by atoms with Crippen LogP contribution in [0.2, 0.25) is 0 Å². The molecule has 1 atom stereocenters. The van der Waals surface area contributed by atoms with Gasteiger partial charge in [-0.05, 0) is 26.0 Å². The quantitative estimate of drug-likeness (QED) is 0.741. The van der Waals surface area contributed by atoms with Crippen molar-refractivity contribution in [3.63, 3.8) is 0 Å². The van der Waals surface area contributed by atoms with Gasteiger partial charge in [0.1, 0.15) is 15.4 Å². The second-order valence-corrected chi connectivity index (χ2v) is 6.34. The Morgan fingerprint density at radius 3 is 2.96 bits per heavy atom. The monoisotopic (exact) mass is 330 g/mol. The van der Waals surface area contributed by atoms with Crippen molar-refractivity contribution in [2.45, 2.75) is 26.4 Å². The van der Waals surface area contributed by atoms with Gasteiger partial charge in [-0.3, -0.25) is 4.79 Å². The van der Waals surface area contributed by atoms with Gasteiger partial charge in [-0.2, -0.15) is 0 Å². The second kappa shape index (κ2) is 6.43. The van der Waals surface area contributed by atoms with Crippen LogP contribution < -0.4 is 11.1 Å². The Kier molecular flexibility index (Phi) is 4.35. The number of amides is 1. The molecule has 0 aliphatic carbocycles. The molecule has 7 nitrogen and oxygen atoms in total. The molecule has 1 unspecified atom stereocenters. The number of para-hydroxylation sites is 1. The SMILES string of the molecule is Cc1nc(C(C)N)sc1C(=O)NCCn1nnc2ccccc21. The molecule has 0 aliphatic rings. The maximum Gasteiger partial charge on any atom is 0.263 e. The average molecular weight is 330 g/mol. The smallest absolute Gasteiger partial charge is 0.263 e. The third-order valence-electron chi connectivity index (χ3n) is 3.44. The minimum absolute atomic E-state index is 0.128. The van der Waals surface area contributed by atoms with E-state index in [1.807, 2.05) is 38.1 Å². The van der Waals surface area contributed by atoms with Crippen LogP contribution in [-0.2, 0) is 6.54 Å². The normalized spacial score (nSPS) is 12.5. The largest absolute Gasteiger partial charge is 0.349 e. The number of carbonyl (C=O) groups is 1. The standard InChI is InChI=1S/C15H18N6OS/c1-9(16)15-18-10(2)13(23-15)14(22)17-7-8-21-12-6-4-3-5-11(12)19-20-21/h3-6,9H,7-8,16H2,1-2H3,(H,17,22). The van der Waals surface area contributed by atoms with Gasteiger partial charge in [0.2, 0.25) is 0 Å². The molecule has 0 saturated heterocycles. The Bertz CT molecular complexity index is 837. The van der Waals surface area contributed by atoms with E-state index < -0.39 is 0 Å². The van der Waals surface area contributed by atoms with Gasteiger partial charge in [0.25, 0.3) is 5.91 Å². The first kappa shape index (κ1) is 15.6. The summed E-state index contributed by atoms with van der Waals surface area (Å²) in [4.78, 5) is 17.2. The zero-order valence-electron chi connectivity index (χ0n) is 13.0. The highest BCUT2D eigenvalue weighted by molar-refractivity contribution is 7.13. The molecule has 2 aromatic heterocycles. The minimum Gasteiger partial charge on any atom is -0.349 e. The first-order valence-electron chi connectivity index (χ1n) is 7.35. The van der Waals surface area contributed by atoms with Gasteiger partial charge >= 0.3 is 0 Å². The van der Waals surface area contributed by atoms with Crippen molar-refractivity contribution in [1.82, 2.24) is 25.3 Å². The van der Waals surface area contributed by atoms with Gasteiger partial charge in [-0.1, -0.05) is 17.3 Å². The number of fused-ring (bicyclic) bond motifs is 1. The summed E-state index contributed by atoms with van der Waals surface area (Å²) in [5, 5.41) is 11.9. The second-order valence-electron chi connectivity index (χ2n) is 5.31. The number of rotatable bonds is 5. The average Bonchev–Trinajstić information content (AvgIpc) is 3.11. The van der Waals surface area contributed by atoms with Gasteiger partial charge in [0.05, 0.1) is 23.8 Å². The zero-order valence-corrected chi connectivity index (χ0v) is 13.8. The molecule has 0 aliphatic heterocycles. The van der Waals surface area contributed by atoms with E-state index >= 15 is 0 Å². The Morgan fingerprint density at radius 2 is 2.22 bits per heavy atom. The highest BCUT2D eigenvalue weighted by Crippen LogP contribution is 2.22. The number of benzene rings is 1. The van der Waals surface area contributed by atoms with Crippen molar-refractivity contribution < 1.29 is 4.79 Å². The van der Waals surface area contributed by atoms with Crippen molar-refractivity contribution in [3.05, 3.63) is 39.8 Å². The number of aryl methyl sites for hydroxylation is 1. The summed E-state index contributed by atoms with van der Waals surface area (Å²) in [6, 6.07) is 7.57. The lowest BCUT2D eigenvalue weighted by molar-refractivity contribution is 0.0955. The van der Waals surface area contributed by atoms with Crippen molar-refractivity contribution >= 4 is 28.3 Å². The van der Waals surface area contributed by atoms with E-state index in [2.05, 4.69) is 20.6 Å². The topological polar surface area (TPSA) is 98.7 Å². The van der Waals surface area contributed by atoms with Crippen molar-refractivity contribution in [1.29, 1.82) is 0 Å². The lowest BCUT2D eigenvalue weighted by Gasteiger charge is -2.05. The first-order chi connectivity index (χ1) is 11.1. The van der Waals surface area contributed by atoms with Crippen LogP contribution in [0.1, 0.15) is 33.3 Å². The van der Waals surface area contributed by atoms with Crippen LogP contribution in [0.25, 0.3) is 11.0 Å². The Hall–Kier alpha value is -2.32. The molecule has 1 aromatic carbocycles. The summed E-state index contributed by atoms with van der Waals surface area (Å²) < 4.78 is 1.78. The minimum atomic E-state index is -0.165. The molecule has 120 valence electrons. The summed E-state index contributed by atoms with van der Waals surface area (Å²) >= 11 is 1.34. The van der Waals surface area contributed by atoms with Crippen LogP contribution in [0.4, 0.5) is 0 Å². The Labute approximate surface area is 137 Å². The number of hydrogen-bond acceptors (Lipinski definition) is 6. The number of aromatic nitrogens is 4. The first-order valence-corrected chi connectivity index (χ1v) is 8.17. The van der Waals surface area contributed by atoms with Crippen molar-refractivity contribution in [2.24, 2.45) is 5.73 Å².